The van der Waals surface area contributed by atoms with Crippen molar-refractivity contribution < 1.29 is 4.49 Å². The fourth-order valence-corrected chi connectivity index (χ4v) is 2.10. The Morgan fingerprint density at radius 2 is 2.38 bits per heavy atom. The highest BCUT2D eigenvalue weighted by Crippen LogP contribution is 2.20. The largest absolute Gasteiger partial charge is 0.549 e. The van der Waals surface area contributed by atoms with E-state index in [9.17, 15) is 0 Å². The van der Waals surface area contributed by atoms with Gasteiger partial charge in [-0.05, 0) is 25.2 Å². The highest BCUT2D eigenvalue weighted by Gasteiger charge is 2.30. The topological polar surface area (TPSA) is 7.94 Å². The highest BCUT2D eigenvalue weighted by atomic mass is 15.1. The van der Waals surface area contributed by atoms with Gasteiger partial charge in [0.15, 0.2) is 5.70 Å². The Kier molecular flexibility index (Phi) is 1.15. The van der Waals surface area contributed by atoms with Gasteiger partial charge in [-0.25, -0.2) is 0 Å². The molecule has 1 aromatic rings. The van der Waals surface area contributed by atoms with E-state index in [1.807, 2.05) is 0 Å². The van der Waals surface area contributed by atoms with Gasteiger partial charge in [-0.15, -0.1) is 0 Å². The molecule has 3 heterocycles. The number of hydrogen-bond donors (Lipinski definition) is 0. The molecule has 0 saturated heterocycles. The van der Waals surface area contributed by atoms with Crippen molar-refractivity contribution in [2.75, 3.05) is 0 Å². The van der Waals surface area contributed by atoms with Gasteiger partial charge < -0.3 is 8.96 Å². The predicted octanol–water partition coefficient (Wildman–Crippen LogP) is 0.938. The smallest absolute Gasteiger partial charge is 0.418 e. The van der Waals surface area contributed by atoms with Crippen molar-refractivity contribution >= 4 is 19.3 Å². The van der Waals surface area contributed by atoms with Crippen LogP contribution in [0.2, 0.25) is 0 Å². The third kappa shape index (κ3) is 0.787. The van der Waals surface area contributed by atoms with Crippen LogP contribution in [0.25, 0.3) is 6.08 Å². The Morgan fingerprint density at radius 1 is 1.46 bits per heavy atom. The lowest BCUT2D eigenvalue weighted by molar-refractivity contribution is -0.314. The average Bonchev–Trinajstić information content (AvgIpc) is 2.71. The second-order valence-electron chi connectivity index (χ2n) is 3.54. The SMILES string of the molecule is [CH2+][BH-]1n2cccc2C=C2C=CC=[N+]12. The molecule has 1 aromatic heterocycles. The van der Waals surface area contributed by atoms with E-state index in [-0.39, 0.29) is 0 Å². The first-order chi connectivity index (χ1) is 6.36. The molecule has 1 unspecified atom stereocenters. The van der Waals surface area contributed by atoms with Crippen LogP contribution in [0.5, 0.6) is 0 Å². The molecule has 3 heteroatoms. The summed E-state index contributed by atoms with van der Waals surface area (Å²) in [5, 5.41) is 0. The normalized spacial score (nSPS) is 23.5. The van der Waals surface area contributed by atoms with E-state index in [2.05, 4.69) is 58.6 Å². The lowest BCUT2D eigenvalue weighted by atomic mass is 9.76. The Morgan fingerprint density at radius 3 is 3.31 bits per heavy atom. The lowest BCUT2D eigenvalue weighted by Crippen LogP contribution is -2.37. The summed E-state index contributed by atoms with van der Waals surface area (Å²) in [7, 11) is 0. The van der Waals surface area contributed by atoms with Gasteiger partial charge in [0.05, 0.1) is 0 Å². The molecular formula is C10H10BN2+. The second-order valence-corrected chi connectivity index (χ2v) is 3.54. The highest BCUT2D eigenvalue weighted by molar-refractivity contribution is 6.52. The number of rotatable bonds is 0. The van der Waals surface area contributed by atoms with Gasteiger partial charge in [0.2, 0.25) is 0 Å². The summed E-state index contributed by atoms with van der Waals surface area (Å²) in [4.78, 5) is 0. The van der Waals surface area contributed by atoms with E-state index in [4.69, 9.17) is 0 Å². The molecule has 0 saturated carbocycles. The molecule has 0 spiro atoms. The van der Waals surface area contributed by atoms with Gasteiger partial charge >= 0.3 is 6.98 Å². The van der Waals surface area contributed by atoms with Crippen LogP contribution >= 0.6 is 0 Å². The maximum absolute atomic E-state index is 4.21. The Balaban J connectivity index is 2.26. The van der Waals surface area contributed by atoms with Crippen LogP contribution in [-0.4, -0.2) is 22.2 Å². The van der Waals surface area contributed by atoms with E-state index in [1.165, 1.54) is 11.4 Å². The summed E-state index contributed by atoms with van der Waals surface area (Å²) < 4.78 is 4.49. The molecule has 13 heavy (non-hydrogen) atoms. The third-order valence-electron chi connectivity index (χ3n) is 2.81. The molecule has 0 aromatic carbocycles. The van der Waals surface area contributed by atoms with Crippen molar-refractivity contribution in [2.45, 2.75) is 0 Å². The van der Waals surface area contributed by atoms with Crippen LogP contribution in [0.1, 0.15) is 5.69 Å². The van der Waals surface area contributed by atoms with Crippen molar-refractivity contribution in [3.63, 3.8) is 0 Å². The van der Waals surface area contributed by atoms with Gasteiger partial charge in [0, 0.05) is 23.9 Å². The molecule has 62 valence electrons. The summed E-state index contributed by atoms with van der Waals surface area (Å²) >= 11 is 0. The summed E-state index contributed by atoms with van der Waals surface area (Å²) in [6.07, 6.45) is 10.6. The quantitative estimate of drug-likeness (QED) is 0.403. The van der Waals surface area contributed by atoms with Crippen LogP contribution in [-0.2, 0) is 0 Å². The Bertz CT molecular complexity index is 451. The number of hydrogen-bond acceptors (Lipinski definition) is 0. The van der Waals surface area contributed by atoms with Crippen molar-refractivity contribution in [3.8, 4) is 0 Å². The van der Waals surface area contributed by atoms with Gasteiger partial charge in [-0.1, -0.05) is 0 Å². The van der Waals surface area contributed by atoms with Crippen LogP contribution < -0.4 is 0 Å². The van der Waals surface area contributed by atoms with Gasteiger partial charge in [-0.3, -0.25) is 0 Å². The summed E-state index contributed by atoms with van der Waals surface area (Å²) in [5.41, 5.74) is 2.53. The first-order valence-electron chi connectivity index (χ1n) is 4.58. The fraction of sp³-hybridized carbons (Fsp3) is 0. The minimum Gasteiger partial charge on any atom is -0.418 e. The summed E-state index contributed by atoms with van der Waals surface area (Å²) in [6.45, 7) is 3.53. The molecule has 1 atom stereocenters. The van der Waals surface area contributed by atoms with Crippen LogP contribution in [0, 0.1) is 6.82 Å². The number of fused-ring (bicyclic) bond motifs is 2. The van der Waals surface area contributed by atoms with Gasteiger partial charge in [0.1, 0.15) is 6.21 Å². The average molecular weight is 169 g/mol. The van der Waals surface area contributed by atoms with E-state index in [0.717, 1.165) is 0 Å². The van der Waals surface area contributed by atoms with Crippen LogP contribution in [0.4, 0.5) is 0 Å². The van der Waals surface area contributed by atoms with E-state index >= 15 is 0 Å². The molecule has 0 aliphatic carbocycles. The van der Waals surface area contributed by atoms with Crippen LogP contribution in [0.15, 0.2) is 36.2 Å². The maximum Gasteiger partial charge on any atom is 0.549 e. The first-order valence-corrected chi connectivity index (χ1v) is 4.58. The minimum absolute atomic E-state index is 0.683. The molecule has 2 nitrogen and oxygen atoms in total. The molecule has 2 aliphatic rings. The zero-order valence-corrected chi connectivity index (χ0v) is 7.35. The lowest BCUT2D eigenvalue weighted by Gasteiger charge is -2.19. The summed E-state index contributed by atoms with van der Waals surface area (Å²) in [5.74, 6) is 0. The van der Waals surface area contributed by atoms with E-state index < -0.39 is 6.98 Å². The molecule has 0 N–H and O–H groups in total. The van der Waals surface area contributed by atoms with Gasteiger partial charge in [-0.2, -0.15) is 0 Å². The molecular weight excluding hydrogens is 159 g/mol. The van der Waals surface area contributed by atoms with Gasteiger partial charge in [0.25, 0.3) is 0 Å². The number of allylic oxidation sites excluding steroid dienone is 2. The Hall–Kier alpha value is -1.64. The van der Waals surface area contributed by atoms with Crippen molar-refractivity contribution in [2.24, 2.45) is 0 Å². The van der Waals surface area contributed by atoms with Crippen molar-refractivity contribution in [1.82, 2.24) is 4.48 Å². The first kappa shape index (κ1) is 6.84. The second kappa shape index (κ2) is 2.19. The molecule has 0 fully saturated rings. The number of nitrogens with zero attached hydrogens (tertiary/aromatic N) is 2. The van der Waals surface area contributed by atoms with Crippen LogP contribution in [0.3, 0.4) is 0 Å². The molecule has 0 amide bonds. The molecule has 3 rings (SSSR count). The zero-order chi connectivity index (χ0) is 8.84. The maximum atomic E-state index is 4.21. The van der Waals surface area contributed by atoms with Crippen molar-refractivity contribution in [1.29, 1.82) is 0 Å². The zero-order valence-electron chi connectivity index (χ0n) is 7.35. The van der Waals surface area contributed by atoms with E-state index in [1.54, 1.807) is 0 Å². The minimum atomic E-state index is -0.683. The fourth-order valence-electron chi connectivity index (χ4n) is 2.10. The molecule has 0 bridgehead atoms. The van der Waals surface area contributed by atoms with E-state index in [0.29, 0.717) is 0 Å². The Labute approximate surface area is 77.6 Å². The monoisotopic (exact) mass is 169 g/mol. The summed E-state index contributed by atoms with van der Waals surface area (Å²) in [6, 6.07) is 4.20. The number of aromatic nitrogens is 1. The molecule has 0 radical (unpaired) electrons. The third-order valence-corrected chi connectivity index (χ3v) is 2.81. The van der Waals surface area contributed by atoms with Crippen molar-refractivity contribution in [3.05, 3.63) is 48.7 Å². The standard InChI is InChI=1S/C10H10BN2/c1-11-12-6-2-4-9(12)8-10-5-3-7-13(10)11/h2-8,11H,1H2/q+1. The predicted molar refractivity (Wildman–Crippen MR) is 55.8 cm³/mol. The molecule has 2 aliphatic heterocycles.